The van der Waals surface area contributed by atoms with Crippen molar-refractivity contribution in [1.29, 1.82) is 0 Å². The Morgan fingerprint density at radius 3 is 3.00 bits per heavy atom. The maximum atomic E-state index is 11.3. The number of aromatic nitrogens is 2. The monoisotopic (exact) mass is 244 g/mol. The van der Waals surface area contributed by atoms with E-state index < -0.39 is 0 Å². The molecule has 0 unspecified atom stereocenters. The van der Waals surface area contributed by atoms with Crippen molar-refractivity contribution >= 4 is 23.5 Å². The molecule has 0 fully saturated rings. The minimum atomic E-state index is -0.338. The third-order valence-corrected chi connectivity index (χ3v) is 1.76. The van der Waals surface area contributed by atoms with Gasteiger partial charge in [0.15, 0.2) is 0 Å². The molecule has 0 aromatic carbocycles. The molecule has 0 spiro atoms. The number of amides is 1. The first-order valence-electron chi connectivity index (χ1n) is 4.70. The lowest BCUT2D eigenvalue weighted by molar-refractivity contribution is -0.120. The Balaban J connectivity index is 2.49. The summed E-state index contributed by atoms with van der Waals surface area (Å²) in [5.41, 5.74) is 5.89. The van der Waals surface area contributed by atoms with Gasteiger partial charge in [-0.1, -0.05) is 11.6 Å². The fourth-order valence-corrected chi connectivity index (χ4v) is 1.23. The molecule has 3 N–H and O–H groups in total. The molecule has 0 saturated heterocycles. The van der Waals surface area contributed by atoms with Gasteiger partial charge in [0.25, 0.3) is 5.91 Å². The van der Waals surface area contributed by atoms with Gasteiger partial charge in [0, 0.05) is 12.2 Å². The molecule has 0 atom stereocenters. The van der Waals surface area contributed by atoms with Crippen LogP contribution in [0.4, 0.5) is 5.95 Å². The fraction of sp³-hybridized carbons (Fsp3) is 0.444. The van der Waals surface area contributed by atoms with E-state index in [1.165, 1.54) is 0 Å². The van der Waals surface area contributed by atoms with E-state index in [0.717, 1.165) is 0 Å². The van der Waals surface area contributed by atoms with Gasteiger partial charge in [-0.2, -0.15) is 0 Å². The van der Waals surface area contributed by atoms with Gasteiger partial charge in [0.1, 0.15) is 11.8 Å². The van der Waals surface area contributed by atoms with Crippen molar-refractivity contribution in [3.05, 3.63) is 16.9 Å². The molecule has 16 heavy (non-hydrogen) atoms. The molecule has 6 nitrogen and oxygen atoms in total. The molecule has 0 radical (unpaired) electrons. The summed E-state index contributed by atoms with van der Waals surface area (Å²) in [6, 6.07) is 1.60. The second-order valence-corrected chi connectivity index (χ2v) is 3.43. The second-order valence-electron chi connectivity index (χ2n) is 3.05. The summed E-state index contributed by atoms with van der Waals surface area (Å²) >= 11 is 5.71. The van der Waals surface area contributed by atoms with E-state index in [1.807, 2.05) is 0 Å². The van der Waals surface area contributed by atoms with Crippen LogP contribution in [0.1, 0.15) is 5.69 Å². The molecule has 1 heterocycles. The van der Waals surface area contributed by atoms with Gasteiger partial charge >= 0.3 is 0 Å². The van der Waals surface area contributed by atoms with Crippen LogP contribution in [0, 0.1) is 6.92 Å². The lowest BCUT2D eigenvalue weighted by Crippen LogP contribution is -2.22. The largest absolute Gasteiger partial charge is 0.370 e. The van der Waals surface area contributed by atoms with Crippen LogP contribution in [0.5, 0.6) is 0 Å². The molecule has 1 aromatic rings. The number of carbonyl (C=O) groups is 1. The van der Waals surface area contributed by atoms with Crippen molar-refractivity contribution in [2.24, 2.45) is 5.73 Å². The Bertz CT molecular complexity index is 352. The van der Waals surface area contributed by atoms with Crippen molar-refractivity contribution in [2.75, 3.05) is 25.1 Å². The normalized spacial score (nSPS) is 10.2. The van der Waals surface area contributed by atoms with Crippen LogP contribution in [-0.4, -0.2) is 35.6 Å². The second kappa shape index (κ2) is 6.37. The van der Waals surface area contributed by atoms with Crippen LogP contribution in [-0.2, 0) is 9.53 Å². The summed E-state index contributed by atoms with van der Waals surface area (Å²) in [7, 11) is 0. The number of nitrogens with two attached hydrogens (primary N) is 1. The first kappa shape index (κ1) is 12.8. The SMILES string of the molecule is Cc1cc(Cl)nc(NC(=O)COCCN)n1. The van der Waals surface area contributed by atoms with E-state index in [-0.39, 0.29) is 23.6 Å². The van der Waals surface area contributed by atoms with Crippen LogP contribution in [0.2, 0.25) is 5.15 Å². The predicted molar refractivity (Wildman–Crippen MR) is 60.3 cm³/mol. The highest BCUT2D eigenvalue weighted by atomic mass is 35.5. The van der Waals surface area contributed by atoms with Gasteiger partial charge in [-0.05, 0) is 13.0 Å². The van der Waals surface area contributed by atoms with Crippen molar-refractivity contribution in [3.63, 3.8) is 0 Å². The average molecular weight is 245 g/mol. The molecule has 0 saturated carbocycles. The van der Waals surface area contributed by atoms with Crippen LogP contribution >= 0.6 is 11.6 Å². The Morgan fingerprint density at radius 1 is 1.62 bits per heavy atom. The van der Waals surface area contributed by atoms with Gasteiger partial charge in [0.2, 0.25) is 5.95 Å². The molecule has 0 aliphatic rings. The van der Waals surface area contributed by atoms with Crippen molar-refractivity contribution in [2.45, 2.75) is 6.92 Å². The number of hydrogen-bond acceptors (Lipinski definition) is 5. The number of rotatable bonds is 5. The van der Waals surface area contributed by atoms with Crippen LogP contribution in [0.3, 0.4) is 0 Å². The van der Waals surface area contributed by atoms with E-state index in [2.05, 4.69) is 15.3 Å². The Hall–Kier alpha value is -1.24. The molecule has 88 valence electrons. The number of anilines is 1. The van der Waals surface area contributed by atoms with E-state index in [9.17, 15) is 4.79 Å². The van der Waals surface area contributed by atoms with Gasteiger partial charge in [-0.3, -0.25) is 10.1 Å². The summed E-state index contributed by atoms with van der Waals surface area (Å²) in [5, 5.41) is 2.75. The first-order chi connectivity index (χ1) is 7.61. The van der Waals surface area contributed by atoms with Crippen LogP contribution < -0.4 is 11.1 Å². The minimum absolute atomic E-state index is 0.0773. The topological polar surface area (TPSA) is 90.1 Å². The zero-order chi connectivity index (χ0) is 12.0. The van der Waals surface area contributed by atoms with E-state index in [4.69, 9.17) is 22.1 Å². The predicted octanol–water partition coefficient (Wildman–Crippen LogP) is 0.352. The van der Waals surface area contributed by atoms with Crippen molar-refractivity contribution in [1.82, 2.24) is 9.97 Å². The Morgan fingerprint density at radius 2 is 2.38 bits per heavy atom. The smallest absolute Gasteiger partial charge is 0.252 e. The van der Waals surface area contributed by atoms with Gasteiger partial charge < -0.3 is 10.5 Å². The summed E-state index contributed by atoms with van der Waals surface area (Å²) in [4.78, 5) is 19.1. The molecule has 1 aromatic heterocycles. The maximum absolute atomic E-state index is 11.3. The number of halogens is 1. The molecule has 1 rings (SSSR count). The molecule has 0 aliphatic carbocycles. The van der Waals surface area contributed by atoms with E-state index in [0.29, 0.717) is 18.8 Å². The number of ether oxygens (including phenoxy) is 1. The number of nitrogens with one attached hydrogen (secondary N) is 1. The highest BCUT2D eigenvalue weighted by molar-refractivity contribution is 6.29. The zero-order valence-electron chi connectivity index (χ0n) is 8.86. The highest BCUT2D eigenvalue weighted by Crippen LogP contribution is 2.09. The van der Waals surface area contributed by atoms with Gasteiger partial charge in [-0.15, -0.1) is 0 Å². The average Bonchev–Trinajstić information content (AvgIpc) is 2.16. The van der Waals surface area contributed by atoms with Crippen molar-refractivity contribution < 1.29 is 9.53 Å². The quantitative estimate of drug-likeness (QED) is 0.576. The first-order valence-corrected chi connectivity index (χ1v) is 5.08. The van der Waals surface area contributed by atoms with Gasteiger partial charge in [0.05, 0.1) is 6.61 Å². The van der Waals surface area contributed by atoms with Crippen LogP contribution in [0.25, 0.3) is 0 Å². The maximum Gasteiger partial charge on any atom is 0.252 e. The Kier molecular flexibility index (Phi) is 5.10. The van der Waals surface area contributed by atoms with Crippen LogP contribution in [0.15, 0.2) is 6.07 Å². The zero-order valence-corrected chi connectivity index (χ0v) is 9.62. The summed E-state index contributed by atoms with van der Waals surface area (Å²) in [6.45, 7) is 2.39. The molecule has 1 amide bonds. The van der Waals surface area contributed by atoms with Gasteiger partial charge in [-0.25, -0.2) is 9.97 Å². The summed E-state index contributed by atoms with van der Waals surface area (Å²) in [5.74, 6) is -0.165. The van der Waals surface area contributed by atoms with E-state index >= 15 is 0 Å². The molecule has 7 heteroatoms. The number of nitrogens with zero attached hydrogens (tertiary/aromatic N) is 2. The minimum Gasteiger partial charge on any atom is -0.370 e. The Labute approximate surface area is 98.2 Å². The summed E-state index contributed by atoms with van der Waals surface area (Å²) in [6.07, 6.45) is 0. The summed E-state index contributed by atoms with van der Waals surface area (Å²) < 4.78 is 4.95. The standard InChI is InChI=1S/C9H13ClN4O2/c1-6-4-7(10)13-9(12-6)14-8(15)5-16-3-2-11/h4H,2-3,5,11H2,1H3,(H,12,13,14,15). The molecular formula is C9H13ClN4O2. The third kappa shape index (κ3) is 4.52. The number of aryl methyl sites for hydroxylation is 1. The lowest BCUT2D eigenvalue weighted by atomic mass is 10.4. The van der Waals surface area contributed by atoms with Crippen molar-refractivity contribution in [3.8, 4) is 0 Å². The van der Waals surface area contributed by atoms with E-state index in [1.54, 1.807) is 13.0 Å². The molecular weight excluding hydrogens is 232 g/mol. The number of hydrogen-bond donors (Lipinski definition) is 2. The highest BCUT2D eigenvalue weighted by Gasteiger charge is 2.05. The molecule has 0 bridgehead atoms. The lowest BCUT2D eigenvalue weighted by Gasteiger charge is -2.05. The fourth-order valence-electron chi connectivity index (χ4n) is 0.995. The number of carbonyl (C=O) groups excluding carboxylic acids is 1. The third-order valence-electron chi connectivity index (χ3n) is 1.57. The molecule has 0 aliphatic heterocycles.